The van der Waals surface area contributed by atoms with E-state index in [1.165, 1.54) is 24.4 Å². The number of fused-ring (bicyclic) bond motifs is 1. The number of hydrogen-bond acceptors (Lipinski definition) is 1. The Morgan fingerprint density at radius 1 is 0.941 bits per heavy atom. The molecule has 3 rings (SSSR count). The molecule has 2 nitrogen and oxygen atoms in total. The number of nitrogens with zero attached hydrogens (tertiary/aromatic N) is 2. The van der Waals surface area contributed by atoms with Gasteiger partial charge in [-0.25, -0.2) is 13.8 Å². The molecule has 0 spiro atoms. The van der Waals surface area contributed by atoms with Crippen LogP contribution in [0.25, 0.3) is 16.9 Å². The molecule has 2 heterocycles. The standard InChI is InChI=1S/C13H8F2N2/c14-10-3-1-2-9(6-10)12-8-17-7-11(15)4-5-13(17)16-12/h1-8H. The molecule has 0 radical (unpaired) electrons. The van der Waals surface area contributed by atoms with E-state index >= 15 is 0 Å². The van der Waals surface area contributed by atoms with Gasteiger partial charge >= 0.3 is 0 Å². The van der Waals surface area contributed by atoms with E-state index < -0.39 is 0 Å². The number of benzene rings is 1. The third-order valence-corrected chi connectivity index (χ3v) is 2.54. The van der Waals surface area contributed by atoms with Gasteiger partial charge < -0.3 is 4.40 Å². The first-order valence-electron chi connectivity index (χ1n) is 5.12. The summed E-state index contributed by atoms with van der Waals surface area (Å²) in [6.45, 7) is 0. The lowest BCUT2D eigenvalue weighted by atomic mass is 10.2. The summed E-state index contributed by atoms with van der Waals surface area (Å²) in [6, 6.07) is 9.09. The van der Waals surface area contributed by atoms with Crippen LogP contribution in [-0.4, -0.2) is 9.38 Å². The Balaban J connectivity index is 2.18. The molecule has 2 aromatic heterocycles. The zero-order chi connectivity index (χ0) is 11.8. The number of rotatable bonds is 1. The number of pyridine rings is 1. The smallest absolute Gasteiger partial charge is 0.139 e. The maximum absolute atomic E-state index is 13.1. The highest BCUT2D eigenvalue weighted by Crippen LogP contribution is 2.20. The molecule has 84 valence electrons. The minimum Gasteiger partial charge on any atom is -0.304 e. The summed E-state index contributed by atoms with van der Waals surface area (Å²) in [7, 11) is 0. The van der Waals surface area contributed by atoms with Crippen molar-refractivity contribution >= 4 is 5.65 Å². The molecule has 4 heteroatoms. The maximum atomic E-state index is 13.1. The van der Waals surface area contributed by atoms with Gasteiger partial charge in [-0.3, -0.25) is 0 Å². The van der Waals surface area contributed by atoms with Gasteiger partial charge in [-0.05, 0) is 24.3 Å². The molecule has 0 fully saturated rings. The van der Waals surface area contributed by atoms with Crippen LogP contribution >= 0.6 is 0 Å². The quantitative estimate of drug-likeness (QED) is 0.627. The maximum Gasteiger partial charge on any atom is 0.139 e. The normalized spacial score (nSPS) is 10.9. The van der Waals surface area contributed by atoms with Gasteiger partial charge in [0.2, 0.25) is 0 Å². The van der Waals surface area contributed by atoms with Crippen molar-refractivity contribution < 1.29 is 8.78 Å². The highest BCUT2D eigenvalue weighted by atomic mass is 19.1. The van der Waals surface area contributed by atoms with Gasteiger partial charge in [0, 0.05) is 18.0 Å². The van der Waals surface area contributed by atoms with Crippen LogP contribution in [0.15, 0.2) is 48.8 Å². The predicted octanol–water partition coefficient (Wildman–Crippen LogP) is 3.28. The van der Waals surface area contributed by atoms with E-state index in [1.807, 2.05) is 0 Å². The lowest BCUT2D eigenvalue weighted by Crippen LogP contribution is -1.83. The van der Waals surface area contributed by atoms with Gasteiger partial charge in [0.05, 0.1) is 5.69 Å². The highest BCUT2D eigenvalue weighted by molar-refractivity contribution is 5.62. The van der Waals surface area contributed by atoms with Crippen molar-refractivity contribution in [2.45, 2.75) is 0 Å². The monoisotopic (exact) mass is 230 g/mol. The van der Waals surface area contributed by atoms with Crippen LogP contribution in [0.3, 0.4) is 0 Å². The second kappa shape index (κ2) is 3.66. The zero-order valence-corrected chi connectivity index (χ0v) is 8.77. The molecule has 0 aliphatic rings. The molecular weight excluding hydrogens is 222 g/mol. The topological polar surface area (TPSA) is 17.3 Å². The van der Waals surface area contributed by atoms with Crippen LogP contribution in [0.1, 0.15) is 0 Å². The molecule has 3 aromatic rings. The summed E-state index contributed by atoms with van der Waals surface area (Å²) in [5, 5.41) is 0. The van der Waals surface area contributed by atoms with E-state index in [4.69, 9.17) is 0 Å². The van der Waals surface area contributed by atoms with Gasteiger partial charge in [0.1, 0.15) is 17.3 Å². The van der Waals surface area contributed by atoms with Gasteiger partial charge in [-0.2, -0.15) is 0 Å². The van der Waals surface area contributed by atoms with Crippen LogP contribution in [0.4, 0.5) is 8.78 Å². The Morgan fingerprint density at radius 2 is 1.82 bits per heavy atom. The minimum atomic E-state index is -0.333. The summed E-state index contributed by atoms with van der Waals surface area (Å²) in [4.78, 5) is 4.29. The number of imidazole rings is 1. The van der Waals surface area contributed by atoms with Gasteiger partial charge in [-0.1, -0.05) is 12.1 Å². The number of halogens is 2. The molecule has 0 unspecified atom stereocenters. The summed E-state index contributed by atoms with van der Waals surface area (Å²) in [5.74, 6) is -0.647. The average molecular weight is 230 g/mol. The molecule has 0 atom stereocenters. The Labute approximate surface area is 96.2 Å². The van der Waals surface area contributed by atoms with Crippen molar-refractivity contribution in [3.63, 3.8) is 0 Å². The van der Waals surface area contributed by atoms with E-state index in [0.717, 1.165) is 0 Å². The van der Waals surface area contributed by atoms with Gasteiger partial charge in [0.15, 0.2) is 0 Å². The summed E-state index contributed by atoms with van der Waals surface area (Å²) >= 11 is 0. The second-order valence-corrected chi connectivity index (χ2v) is 3.75. The fourth-order valence-corrected chi connectivity index (χ4v) is 1.75. The van der Waals surface area contributed by atoms with Crippen molar-refractivity contribution in [3.8, 4) is 11.3 Å². The van der Waals surface area contributed by atoms with Crippen molar-refractivity contribution in [2.24, 2.45) is 0 Å². The lowest BCUT2D eigenvalue weighted by Gasteiger charge is -1.94. The molecule has 17 heavy (non-hydrogen) atoms. The van der Waals surface area contributed by atoms with Crippen molar-refractivity contribution in [1.82, 2.24) is 9.38 Å². The molecule has 1 aromatic carbocycles. The molecule has 0 saturated heterocycles. The molecular formula is C13H8F2N2. The Morgan fingerprint density at radius 3 is 2.65 bits per heavy atom. The Kier molecular flexibility index (Phi) is 2.14. The van der Waals surface area contributed by atoms with Crippen molar-refractivity contribution in [1.29, 1.82) is 0 Å². The first-order valence-corrected chi connectivity index (χ1v) is 5.12. The van der Waals surface area contributed by atoms with E-state index in [0.29, 0.717) is 16.9 Å². The van der Waals surface area contributed by atoms with Crippen LogP contribution in [0.2, 0.25) is 0 Å². The van der Waals surface area contributed by atoms with E-state index in [9.17, 15) is 8.78 Å². The van der Waals surface area contributed by atoms with E-state index in [2.05, 4.69) is 4.98 Å². The molecule has 0 saturated carbocycles. The SMILES string of the molecule is Fc1cccc(-c2cn3cc(F)ccc3n2)c1. The third kappa shape index (κ3) is 1.78. The average Bonchev–Trinajstić information content (AvgIpc) is 2.72. The summed E-state index contributed by atoms with van der Waals surface area (Å²) in [5.41, 5.74) is 1.93. The Bertz CT molecular complexity index is 689. The van der Waals surface area contributed by atoms with Gasteiger partial charge in [0.25, 0.3) is 0 Å². The van der Waals surface area contributed by atoms with Crippen LogP contribution in [0.5, 0.6) is 0 Å². The highest BCUT2D eigenvalue weighted by Gasteiger charge is 2.05. The van der Waals surface area contributed by atoms with E-state index in [-0.39, 0.29) is 11.6 Å². The van der Waals surface area contributed by atoms with Crippen LogP contribution in [0, 0.1) is 11.6 Å². The number of hydrogen-bond donors (Lipinski definition) is 0. The fraction of sp³-hybridized carbons (Fsp3) is 0. The molecule has 0 amide bonds. The van der Waals surface area contributed by atoms with Gasteiger partial charge in [-0.15, -0.1) is 0 Å². The van der Waals surface area contributed by atoms with Crippen molar-refractivity contribution in [3.05, 3.63) is 60.4 Å². The van der Waals surface area contributed by atoms with Crippen LogP contribution < -0.4 is 0 Å². The second-order valence-electron chi connectivity index (χ2n) is 3.75. The first-order chi connectivity index (χ1) is 8.22. The molecule has 0 N–H and O–H groups in total. The first kappa shape index (κ1) is 9.96. The summed E-state index contributed by atoms with van der Waals surface area (Å²) in [6.07, 6.45) is 3.01. The fourth-order valence-electron chi connectivity index (χ4n) is 1.75. The van der Waals surface area contributed by atoms with E-state index in [1.54, 1.807) is 28.8 Å². The Hall–Kier alpha value is -2.23. The largest absolute Gasteiger partial charge is 0.304 e. The number of aromatic nitrogens is 2. The molecule has 0 bridgehead atoms. The third-order valence-electron chi connectivity index (χ3n) is 2.54. The lowest BCUT2D eigenvalue weighted by molar-refractivity contribution is 0.619. The molecule has 0 aliphatic carbocycles. The zero-order valence-electron chi connectivity index (χ0n) is 8.77. The minimum absolute atomic E-state index is 0.314. The molecule has 0 aliphatic heterocycles. The predicted molar refractivity (Wildman–Crippen MR) is 60.5 cm³/mol. The summed E-state index contributed by atoms with van der Waals surface area (Å²) < 4.78 is 27.7. The van der Waals surface area contributed by atoms with Crippen LogP contribution in [-0.2, 0) is 0 Å². The van der Waals surface area contributed by atoms with Crippen molar-refractivity contribution in [2.75, 3.05) is 0 Å².